The molecule has 3 saturated carbocycles. The van der Waals surface area contributed by atoms with Crippen molar-refractivity contribution in [3.05, 3.63) is 0 Å². The van der Waals surface area contributed by atoms with Crippen molar-refractivity contribution >= 4 is 15.1 Å². The molecule has 0 aromatic rings. The SMILES string of the molecule is CC([O][Al]([O]C(C)C1CCC1)[O]C(C)C1CCC1)C1CCC1. The van der Waals surface area contributed by atoms with E-state index in [9.17, 15) is 0 Å². The molecule has 0 aromatic heterocycles. The molecule has 3 fully saturated rings. The van der Waals surface area contributed by atoms with Gasteiger partial charge in [-0.05, 0) is 77.0 Å². The second-order valence-electron chi connectivity index (χ2n) is 7.89. The van der Waals surface area contributed by atoms with E-state index in [1.807, 2.05) is 0 Å². The van der Waals surface area contributed by atoms with Crippen molar-refractivity contribution in [2.75, 3.05) is 0 Å². The predicted molar refractivity (Wildman–Crippen MR) is 89.4 cm³/mol. The first-order valence-corrected chi connectivity index (χ1v) is 11.0. The Kier molecular flexibility index (Phi) is 6.26. The summed E-state index contributed by atoms with van der Waals surface area (Å²) in [4.78, 5) is 0. The summed E-state index contributed by atoms with van der Waals surface area (Å²) in [5.41, 5.74) is 0. The number of hydrogen-bond acceptors (Lipinski definition) is 3. The van der Waals surface area contributed by atoms with Gasteiger partial charge in [-0.3, -0.25) is 0 Å². The second kappa shape index (κ2) is 7.99. The molecule has 4 heteroatoms. The van der Waals surface area contributed by atoms with E-state index in [1.165, 1.54) is 57.8 Å². The highest BCUT2D eigenvalue weighted by atomic mass is 27.3. The Morgan fingerprint density at radius 1 is 0.591 bits per heavy atom. The fraction of sp³-hybridized carbons (Fsp3) is 1.00. The number of hydrogen-bond donors (Lipinski definition) is 0. The maximum absolute atomic E-state index is 6.33. The smallest absolute Gasteiger partial charge is 0.452 e. The maximum Gasteiger partial charge on any atom is 0.906 e. The minimum atomic E-state index is -2.02. The Labute approximate surface area is 141 Å². The number of rotatable bonds is 9. The van der Waals surface area contributed by atoms with Crippen molar-refractivity contribution in [1.29, 1.82) is 0 Å². The van der Waals surface area contributed by atoms with Crippen molar-refractivity contribution in [2.45, 2.75) is 96.9 Å². The summed E-state index contributed by atoms with van der Waals surface area (Å²) < 4.78 is 19.0. The highest BCUT2D eigenvalue weighted by Gasteiger charge is 2.42. The molecule has 3 unspecified atom stereocenters. The van der Waals surface area contributed by atoms with Gasteiger partial charge in [-0.25, -0.2) is 0 Å². The molecule has 126 valence electrons. The lowest BCUT2D eigenvalue weighted by Gasteiger charge is -2.38. The molecule has 0 spiro atoms. The van der Waals surface area contributed by atoms with Gasteiger partial charge in [0, 0.05) is 18.3 Å². The van der Waals surface area contributed by atoms with Crippen LogP contribution in [0.3, 0.4) is 0 Å². The molecule has 3 atom stereocenters. The molecule has 3 nitrogen and oxygen atoms in total. The van der Waals surface area contributed by atoms with Crippen LogP contribution in [0.25, 0.3) is 0 Å². The van der Waals surface area contributed by atoms with Crippen LogP contribution in [0.4, 0.5) is 0 Å². The van der Waals surface area contributed by atoms with Gasteiger partial charge in [0.15, 0.2) is 0 Å². The van der Waals surface area contributed by atoms with Crippen LogP contribution < -0.4 is 0 Å². The molecular formula is C18H33AlO3. The van der Waals surface area contributed by atoms with Gasteiger partial charge in [0.05, 0.1) is 0 Å². The summed E-state index contributed by atoms with van der Waals surface area (Å²) in [6, 6.07) is 0. The van der Waals surface area contributed by atoms with Gasteiger partial charge < -0.3 is 11.4 Å². The van der Waals surface area contributed by atoms with Gasteiger partial charge in [-0.2, -0.15) is 0 Å². The molecule has 0 heterocycles. The summed E-state index contributed by atoms with van der Waals surface area (Å²) in [7, 11) is 0. The Morgan fingerprint density at radius 3 is 1.05 bits per heavy atom. The van der Waals surface area contributed by atoms with Gasteiger partial charge in [0.25, 0.3) is 0 Å². The minimum absolute atomic E-state index is 0.313. The average Bonchev–Trinajstić information content (AvgIpc) is 2.19. The molecule has 0 aromatic carbocycles. The topological polar surface area (TPSA) is 27.7 Å². The van der Waals surface area contributed by atoms with E-state index in [0.29, 0.717) is 18.3 Å². The minimum Gasteiger partial charge on any atom is -0.452 e. The molecule has 0 bridgehead atoms. The molecule has 0 amide bonds. The van der Waals surface area contributed by atoms with Crippen molar-refractivity contribution in [2.24, 2.45) is 17.8 Å². The fourth-order valence-electron chi connectivity index (χ4n) is 3.68. The fourth-order valence-corrected chi connectivity index (χ4v) is 5.59. The van der Waals surface area contributed by atoms with Crippen molar-refractivity contribution in [3.8, 4) is 0 Å². The van der Waals surface area contributed by atoms with E-state index in [-0.39, 0.29) is 0 Å². The molecule has 0 N–H and O–H groups in total. The first-order chi connectivity index (χ1) is 10.6. The van der Waals surface area contributed by atoms with Crippen LogP contribution in [0, 0.1) is 17.8 Å². The summed E-state index contributed by atoms with van der Waals surface area (Å²) in [5, 5.41) is 0. The van der Waals surface area contributed by atoms with Crippen LogP contribution in [-0.4, -0.2) is 33.5 Å². The predicted octanol–water partition coefficient (Wildman–Crippen LogP) is 4.59. The highest BCUT2D eigenvalue weighted by molar-refractivity contribution is 6.36. The lowest BCUT2D eigenvalue weighted by Crippen LogP contribution is -2.44. The summed E-state index contributed by atoms with van der Waals surface area (Å²) in [6.07, 6.45) is 12.9. The van der Waals surface area contributed by atoms with Gasteiger partial charge in [-0.15, -0.1) is 0 Å². The van der Waals surface area contributed by atoms with Crippen molar-refractivity contribution in [3.63, 3.8) is 0 Å². The first-order valence-electron chi connectivity index (χ1n) is 9.60. The molecule has 3 rings (SSSR count). The molecule has 0 aliphatic heterocycles. The van der Waals surface area contributed by atoms with Gasteiger partial charge in [0.1, 0.15) is 0 Å². The van der Waals surface area contributed by atoms with E-state index >= 15 is 0 Å². The zero-order valence-electron chi connectivity index (χ0n) is 14.6. The van der Waals surface area contributed by atoms with Gasteiger partial charge >= 0.3 is 15.1 Å². The van der Waals surface area contributed by atoms with Crippen molar-refractivity contribution < 1.29 is 11.4 Å². The van der Waals surface area contributed by atoms with Crippen LogP contribution in [0.1, 0.15) is 78.6 Å². The van der Waals surface area contributed by atoms with Crippen LogP contribution >= 0.6 is 0 Å². The van der Waals surface area contributed by atoms with Crippen LogP contribution in [0.2, 0.25) is 0 Å². The van der Waals surface area contributed by atoms with Crippen LogP contribution in [-0.2, 0) is 11.4 Å². The zero-order valence-corrected chi connectivity index (χ0v) is 15.8. The van der Waals surface area contributed by atoms with E-state index in [4.69, 9.17) is 11.4 Å². The zero-order chi connectivity index (χ0) is 15.5. The first kappa shape index (κ1) is 17.2. The molecule has 0 saturated heterocycles. The van der Waals surface area contributed by atoms with Gasteiger partial charge in [-0.1, -0.05) is 19.3 Å². The standard InChI is InChI=1S/3C6H11O.Al/c3*1-5(7)6-3-2-4-6;/h3*5-6H,2-4H2,1H3;/q3*-1;+3. The molecule has 3 aliphatic carbocycles. The third kappa shape index (κ3) is 4.28. The molecular weight excluding hydrogens is 291 g/mol. The Morgan fingerprint density at radius 2 is 0.864 bits per heavy atom. The summed E-state index contributed by atoms with van der Waals surface area (Å²) >= 11 is -2.02. The Hall–Kier alpha value is 0.412. The monoisotopic (exact) mass is 324 g/mol. The normalized spacial score (nSPS) is 27.4. The van der Waals surface area contributed by atoms with E-state index < -0.39 is 15.1 Å². The van der Waals surface area contributed by atoms with Crippen molar-refractivity contribution in [1.82, 2.24) is 0 Å². The van der Waals surface area contributed by atoms with E-state index in [0.717, 1.165) is 17.8 Å². The Balaban J connectivity index is 1.50. The molecule has 0 radical (unpaired) electrons. The quantitative estimate of drug-likeness (QED) is 0.581. The van der Waals surface area contributed by atoms with E-state index in [1.54, 1.807) is 0 Å². The van der Waals surface area contributed by atoms with E-state index in [2.05, 4.69) is 20.8 Å². The third-order valence-corrected chi connectivity index (χ3v) is 8.37. The lowest BCUT2D eigenvalue weighted by atomic mass is 9.82. The summed E-state index contributed by atoms with van der Waals surface area (Å²) in [5.74, 6) is 2.21. The molecule has 3 aliphatic rings. The van der Waals surface area contributed by atoms with Crippen LogP contribution in [0.5, 0.6) is 0 Å². The van der Waals surface area contributed by atoms with Gasteiger partial charge in [0.2, 0.25) is 0 Å². The average molecular weight is 324 g/mol. The largest absolute Gasteiger partial charge is 0.906 e. The lowest BCUT2D eigenvalue weighted by molar-refractivity contribution is -0.0421. The maximum atomic E-state index is 6.33. The molecule has 22 heavy (non-hydrogen) atoms. The van der Waals surface area contributed by atoms with Crippen LogP contribution in [0.15, 0.2) is 0 Å². The second-order valence-corrected chi connectivity index (χ2v) is 9.28. The Bertz CT molecular complexity index is 287. The third-order valence-electron chi connectivity index (χ3n) is 6.42. The summed E-state index contributed by atoms with van der Waals surface area (Å²) in [6.45, 7) is 6.66. The highest BCUT2D eigenvalue weighted by Crippen LogP contribution is 2.35.